The predicted molar refractivity (Wildman–Crippen MR) is 124 cm³/mol. The summed E-state index contributed by atoms with van der Waals surface area (Å²) in [6.45, 7) is 6.31. The van der Waals surface area contributed by atoms with E-state index in [0.717, 1.165) is 12.3 Å². The monoisotopic (exact) mass is 523 g/mol. The van der Waals surface area contributed by atoms with Crippen LogP contribution >= 0.6 is 0 Å². The fourth-order valence-corrected chi connectivity index (χ4v) is 3.78. The SMILES string of the molecule is CCOC(=O)CC1=NC(S(C)(=O)=O)N(N)C(Oc2cc(C#N)ccc2C(=O)OC(C)(C)C)=C1[N+](=O)[O-]. The zero-order valence-electron chi connectivity index (χ0n) is 20.2. The molecule has 15 heteroatoms. The Hall–Kier alpha value is -4.03. The van der Waals surface area contributed by atoms with Crippen molar-refractivity contribution in [2.24, 2.45) is 10.8 Å². The topological polar surface area (TPSA) is 205 Å². The Bertz CT molecular complexity index is 1290. The van der Waals surface area contributed by atoms with Crippen molar-refractivity contribution >= 4 is 27.5 Å². The summed E-state index contributed by atoms with van der Waals surface area (Å²) in [6, 6.07) is 5.44. The van der Waals surface area contributed by atoms with Gasteiger partial charge in [-0.1, -0.05) is 0 Å². The summed E-state index contributed by atoms with van der Waals surface area (Å²) in [4.78, 5) is 39.7. The zero-order valence-corrected chi connectivity index (χ0v) is 21.0. The van der Waals surface area contributed by atoms with Crippen LogP contribution < -0.4 is 10.6 Å². The molecule has 0 spiro atoms. The molecule has 1 aromatic carbocycles. The molecule has 1 unspecified atom stereocenters. The second-order valence-electron chi connectivity index (χ2n) is 8.46. The van der Waals surface area contributed by atoms with E-state index in [4.69, 9.17) is 20.1 Å². The number of nitrogens with two attached hydrogens (primary N) is 1. The molecule has 0 saturated carbocycles. The van der Waals surface area contributed by atoms with Gasteiger partial charge in [-0.3, -0.25) is 14.9 Å². The number of hydrogen-bond donors (Lipinski definition) is 1. The quantitative estimate of drug-likeness (QED) is 0.221. The lowest BCUT2D eigenvalue weighted by atomic mass is 10.1. The normalized spacial score (nSPS) is 16.1. The van der Waals surface area contributed by atoms with Gasteiger partial charge >= 0.3 is 17.6 Å². The van der Waals surface area contributed by atoms with Gasteiger partial charge in [-0.25, -0.2) is 29.1 Å². The molecule has 1 heterocycles. The standard InChI is InChI=1S/C21H25N5O9S/c1-6-33-16(27)10-14-17(26(29)30)18(25(23)20(24-14)36(5,31)32)34-15-9-12(11-22)7-8-13(15)19(28)35-21(2,3)4/h7-9,20H,6,10,23H2,1-5H3. The highest BCUT2D eigenvalue weighted by Gasteiger charge is 2.43. The van der Waals surface area contributed by atoms with Gasteiger partial charge in [-0.05, 0) is 45.9 Å². The first-order valence-corrected chi connectivity index (χ1v) is 12.3. The number of nitrogens with zero attached hydrogens (tertiary/aromatic N) is 4. The molecule has 0 radical (unpaired) electrons. The van der Waals surface area contributed by atoms with Crippen LogP contribution in [0, 0.1) is 21.4 Å². The van der Waals surface area contributed by atoms with E-state index in [0.29, 0.717) is 5.01 Å². The lowest BCUT2D eigenvalue weighted by Gasteiger charge is -2.30. The molecule has 0 aliphatic carbocycles. The third kappa shape index (κ3) is 6.77. The van der Waals surface area contributed by atoms with E-state index in [2.05, 4.69) is 4.99 Å². The minimum atomic E-state index is -4.11. The van der Waals surface area contributed by atoms with Crippen LogP contribution in [0.2, 0.25) is 0 Å². The molecule has 1 aromatic rings. The van der Waals surface area contributed by atoms with Crippen molar-refractivity contribution in [3.63, 3.8) is 0 Å². The molecule has 1 aliphatic rings. The molecule has 0 aromatic heterocycles. The average Bonchev–Trinajstić information content (AvgIpc) is 2.73. The summed E-state index contributed by atoms with van der Waals surface area (Å²) < 4.78 is 40.5. The van der Waals surface area contributed by atoms with E-state index in [1.54, 1.807) is 20.8 Å². The van der Waals surface area contributed by atoms with Gasteiger partial charge in [0.2, 0.25) is 5.50 Å². The summed E-state index contributed by atoms with van der Waals surface area (Å²) in [5.74, 6) is 2.90. The number of carbonyl (C=O) groups excluding carboxylic acids is 2. The molecule has 0 fully saturated rings. The summed E-state index contributed by atoms with van der Waals surface area (Å²) in [5.41, 5.74) is -4.52. The number of carbonyl (C=O) groups is 2. The van der Waals surface area contributed by atoms with E-state index in [9.17, 15) is 33.4 Å². The molecule has 14 nitrogen and oxygen atoms in total. The number of esters is 2. The third-order valence-corrected chi connectivity index (χ3v) is 5.43. The minimum absolute atomic E-state index is 0.0139. The van der Waals surface area contributed by atoms with Crippen molar-refractivity contribution in [3.05, 3.63) is 51.0 Å². The van der Waals surface area contributed by atoms with Crippen molar-refractivity contribution in [1.82, 2.24) is 5.01 Å². The summed E-state index contributed by atoms with van der Waals surface area (Å²) in [6.07, 6.45) is 0.0221. The van der Waals surface area contributed by atoms with Crippen molar-refractivity contribution < 1.29 is 37.1 Å². The fraction of sp³-hybridized carbons (Fsp3) is 0.429. The molecule has 1 aliphatic heterocycles. The second-order valence-corrected chi connectivity index (χ2v) is 10.5. The first-order chi connectivity index (χ1) is 16.6. The van der Waals surface area contributed by atoms with Crippen molar-refractivity contribution in [2.75, 3.05) is 12.9 Å². The molecular formula is C21H25N5O9S. The minimum Gasteiger partial charge on any atom is -0.466 e. The van der Waals surface area contributed by atoms with Crippen molar-refractivity contribution in [2.45, 2.75) is 45.2 Å². The lowest BCUT2D eigenvalue weighted by Crippen LogP contribution is -2.50. The van der Waals surface area contributed by atoms with Gasteiger partial charge in [0.25, 0.3) is 5.88 Å². The molecule has 0 bridgehead atoms. The van der Waals surface area contributed by atoms with Crippen LogP contribution in [0.4, 0.5) is 0 Å². The maximum Gasteiger partial charge on any atom is 0.352 e. The van der Waals surface area contributed by atoms with Gasteiger partial charge in [-0.2, -0.15) is 5.26 Å². The molecule has 1 atom stereocenters. The lowest BCUT2D eigenvalue weighted by molar-refractivity contribution is -0.419. The highest BCUT2D eigenvalue weighted by atomic mass is 32.2. The van der Waals surface area contributed by atoms with Gasteiger partial charge < -0.3 is 14.2 Å². The van der Waals surface area contributed by atoms with Crippen LogP contribution in [0.1, 0.15) is 50.0 Å². The average molecular weight is 524 g/mol. The van der Waals surface area contributed by atoms with Crippen LogP contribution in [0.15, 0.2) is 34.8 Å². The fourth-order valence-electron chi connectivity index (χ4n) is 2.95. The number of hydrazine groups is 1. The highest BCUT2D eigenvalue weighted by Crippen LogP contribution is 2.30. The van der Waals surface area contributed by atoms with Gasteiger partial charge in [0.15, 0.2) is 9.84 Å². The predicted octanol–water partition coefficient (Wildman–Crippen LogP) is 1.25. The largest absolute Gasteiger partial charge is 0.466 e. The highest BCUT2D eigenvalue weighted by molar-refractivity contribution is 7.91. The first kappa shape index (κ1) is 28.2. The van der Waals surface area contributed by atoms with Crippen LogP contribution in [-0.2, 0) is 24.1 Å². The summed E-state index contributed by atoms with van der Waals surface area (Å²) >= 11 is 0. The summed E-state index contributed by atoms with van der Waals surface area (Å²) in [7, 11) is -4.11. The molecule has 194 valence electrons. The Morgan fingerprint density at radius 1 is 1.33 bits per heavy atom. The van der Waals surface area contributed by atoms with Crippen molar-refractivity contribution in [1.29, 1.82) is 5.26 Å². The Balaban J connectivity index is 2.74. The zero-order chi connectivity index (χ0) is 27.4. The number of sulfone groups is 1. The number of allylic oxidation sites excluding steroid dienone is 1. The Labute approximate surface area is 207 Å². The number of nitriles is 1. The molecular weight excluding hydrogens is 498 g/mol. The van der Waals surface area contributed by atoms with Gasteiger partial charge in [0, 0.05) is 6.26 Å². The number of benzene rings is 1. The van der Waals surface area contributed by atoms with Gasteiger partial charge in [0.1, 0.15) is 22.6 Å². The van der Waals surface area contributed by atoms with Crippen LogP contribution in [0.25, 0.3) is 0 Å². The van der Waals surface area contributed by atoms with E-state index in [-0.39, 0.29) is 23.5 Å². The Morgan fingerprint density at radius 3 is 2.47 bits per heavy atom. The number of nitro groups is 1. The van der Waals surface area contributed by atoms with E-state index < -0.39 is 61.5 Å². The third-order valence-electron chi connectivity index (χ3n) is 4.33. The second kappa shape index (κ2) is 10.7. The van der Waals surface area contributed by atoms with Gasteiger partial charge in [-0.15, -0.1) is 0 Å². The number of ether oxygens (including phenoxy) is 3. The molecule has 0 saturated heterocycles. The number of rotatable bonds is 8. The smallest absolute Gasteiger partial charge is 0.352 e. The Morgan fingerprint density at radius 2 is 1.97 bits per heavy atom. The molecule has 2 rings (SSSR count). The van der Waals surface area contributed by atoms with Crippen LogP contribution in [0.3, 0.4) is 0 Å². The van der Waals surface area contributed by atoms with E-state index in [1.165, 1.54) is 19.1 Å². The summed E-state index contributed by atoms with van der Waals surface area (Å²) in [5, 5.41) is 21.7. The van der Waals surface area contributed by atoms with E-state index >= 15 is 0 Å². The van der Waals surface area contributed by atoms with Crippen LogP contribution in [-0.4, -0.2) is 60.0 Å². The molecule has 36 heavy (non-hydrogen) atoms. The molecule has 2 N–H and O–H groups in total. The van der Waals surface area contributed by atoms with Gasteiger partial charge in [0.05, 0.1) is 29.6 Å². The molecule has 0 amide bonds. The maximum atomic E-state index is 12.8. The Kier molecular flexibility index (Phi) is 8.39. The first-order valence-electron chi connectivity index (χ1n) is 10.4. The number of aliphatic imine (C=N–C) groups is 1. The van der Waals surface area contributed by atoms with E-state index in [1.807, 2.05) is 6.07 Å². The maximum absolute atomic E-state index is 12.8. The van der Waals surface area contributed by atoms with Crippen molar-refractivity contribution in [3.8, 4) is 11.8 Å². The number of hydrogen-bond acceptors (Lipinski definition) is 13. The van der Waals surface area contributed by atoms with Crippen LogP contribution in [0.5, 0.6) is 5.75 Å².